The van der Waals surface area contributed by atoms with Crippen molar-refractivity contribution in [3.05, 3.63) is 40.8 Å². The van der Waals surface area contributed by atoms with E-state index in [1.165, 1.54) is 13.4 Å². The zero-order valence-electron chi connectivity index (χ0n) is 9.98. The molecule has 1 heterocycles. The van der Waals surface area contributed by atoms with Gasteiger partial charge in [0.25, 0.3) is 0 Å². The van der Waals surface area contributed by atoms with Crippen molar-refractivity contribution in [2.75, 3.05) is 12.8 Å². The predicted octanol–water partition coefficient (Wildman–Crippen LogP) is 2.20. The number of nitrogen functional groups attached to an aromatic ring is 1. The Morgan fingerprint density at radius 1 is 1.50 bits per heavy atom. The van der Waals surface area contributed by atoms with Gasteiger partial charge in [0.1, 0.15) is 12.1 Å². The molecule has 1 aromatic heterocycles. The summed E-state index contributed by atoms with van der Waals surface area (Å²) in [6, 6.07) is 5.48. The highest BCUT2D eigenvalue weighted by molar-refractivity contribution is 6.31. The van der Waals surface area contributed by atoms with E-state index in [9.17, 15) is 4.79 Å². The summed E-state index contributed by atoms with van der Waals surface area (Å²) >= 11 is 6.05. The fraction of sp³-hybridized carbons (Fsp3) is 0.167. The van der Waals surface area contributed by atoms with E-state index in [0.717, 1.165) is 11.3 Å². The molecule has 2 rings (SSSR count). The van der Waals surface area contributed by atoms with Crippen LogP contribution in [0.15, 0.2) is 24.5 Å². The van der Waals surface area contributed by atoms with Crippen LogP contribution in [0.2, 0.25) is 5.02 Å². The summed E-state index contributed by atoms with van der Waals surface area (Å²) in [4.78, 5) is 15.3. The van der Waals surface area contributed by atoms with Crippen LogP contribution >= 0.6 is 11.6 Å². The Morgan fingerprint density at radius 2 is 2.22 bits per heavy atom. The fourth-order valence-electron chi connectivity index (χ4n) is 1.55. The maximum absolute atomic E-state index is 11.4. The van der Waals surface area contributed by atoms with Crippen molar-refractivity contribution in [1.82, 2.24) is 9.55 Å². The minimum absolute atomic E-state index is 0.0918. The number of carbonyl (C=O) groups excluding carboxylic acids is 1. The van der Waals surface area contributed by atoms with Crippen LogP contribution in [0.1, 0.15) is 16.1 Å². The van der Waals surface area contributed by atoms with Gasteiger partial charge in [-0.1, -0.05) is 17.7 Å². The zero-order valence-corrected chi connectivity index (χ0v) is 10.7. The minimum atomic E-state index is -0.565. The van der Waals surface area contributed by atoms with Gasteiger partial charge in [-0.2, -0.15) is 0 Å². The summed E-state index contributed by atoms with van der Waals surface area (Å²) < 4.78 is 6.17. The van der Waals surface area contributed by atoms with Crippen LogP contribution in [-0.4, -0.2) is 22.6 Å². The largest absolute Gasteiger partial charge is 0.464 e. The number of methoxy groups -OCH3 is 1. The molecular weight excluding hydrogens is 254 g/mol. The van der Waals surface area contributed by atoms with E-state index in [4.69, 9.17) is 17.3 Å². The number of rotatable bonds is 2. The molecule has 0 spiro atoms. The van der Waals surface area contributed by atoms with E-state index in [0.29, 0.717) is 5.02 Å². The van der Waals surface area contributed by atoms with Crippen LogP contribution in [0.4, 0.5) is 5.82 Å². The number of hydrogen-bond acceptors (Lipinski definition) is 4. The first-order chi connectivity index (χ1) is 8.54. The lowest BCUT2D eigenvalue weighted by atomic mass is 10.2. The van der Waals surface area contributed by atoms with Crippen molar-refractivity contribution in [3.63, 3.8) is 0 Å². The SMILES string of the molecule is COC(=O)c1ncn(-c2ccc(C)c(Cl)c2)c1N. The number of aromatic nitrogens is 2. The molecule has 0 aliphatic carbocycles. The molecule has 18 heavy (non-hydrogen) atoms. The second kappa shape index (κ2) is 4.70. The van der Waals surface area contributed by atoms with Gasteiger partial charge in [0.2, 0.25) is 0 Å². The van der Waals surface area contributed by atoms with Gasteiger partial charge < -0.3 is 10.5 Å². The average Bonchev–Trinajstić information content (AvgIpc) is 2.74. The Bertz CT molecular complexity index is 607. The molecule has 0 saturated heterocycles. The van der Waals surface area contributed by atoms with Crippen LogP contribution < -0.4 is 5.73 Å². The number of ether oxygens (including phenoxy) is 1. The molecule has 6 heteroatoms. The number of nitrogens with zero attached hydrogens (tertiary/aromatic N) is 2. The van der Waals surface area contributed by atoms with E-state index in [1.807, 2.05) is 19.1 Å². The monoisotopic (exact) mass is 265 g/mol. The highest BCUT2D eigenvalue weighted by Crippen LogP contribution is 2.22. The molecule has 0 aliphatic rings. The highest BCUT2D eigenvalue weighted by Gasteiger charge is 2.17. The number of anilines is 1. The number of hydrogen-bond donors (Lipinski definition) is 1. The van der Waals surface area contributed by atoms with Gasteiger partial charge in [0.15, 0.2) is 5.69 Å². The number of halogens is 1. The number of imidazole rings is 1. The summed E-state index contributed by atoms with van der Waals surface area (Å²) in [5, 5.41) is 0.625. The summed E-state index contributed by atoms with van der Waals surface area (Å²) in [7, 11) is 1.28. The molecule has 1 aromatic carbocycles. The van der Waals surface area contributed by atoms with Crippen LogP contribution in [-0.2, 0) is 4.74 Å². The molecular formula is C12H12ClN3O2. The number of nitrogens with two attached hydrogens (primary N) is 1. The maximum Gasteiger partial charge on any atom is 0.360 e. The third kappa shape index (κ3) is 2.04. The normalized spacial score (nSPS) is 10.4. The number of aryl methyl sites for hydroxylation is 1. The van der Waals surface area contributed by atoms with Gasteiger partial charge in [-0.25, -0.2) is 9.78 Å². The van der Waals surface area contributed by atoms with E-state index < -0.39 is 5.97 Å². The minimum Gasteiger partial charge on any atom is -0.464 e. The molecule has 0 amide bonds. The Labute approximate surface area is 109 Å². The fourth-order valence-corrected chi connectivity index (χ4v) is 1.72. The third-order valence-electron chi connectivity index (χ3n) is 2.62. The van der Waals surface area contributed by atoms with Crippen LogP contribution in [0.5, 0.6) is 0 Å². The topological polar surface area (TPSA) is 70.1 Å². The molecule has 5 nitrogen and oxygen atoms in total. The van der Waals surface area contributed by atoms with Gasteiger partial charge in [-0.3, -0.25) is 4.57 Å². The molecule has 0 unspecified atom stereocenters. The zero-order chi connectivity index (χ0) is 13.3. The summed E-state index contributed by atoms with van der Waals surface area (Å²) in [5.41, 5.74) is 7.65. The van der Waals surface area contributed by atoms with Crippen molar-refractivity contribution in [1.29, 1.82) is 0 Å². The standard InChI is InChI=1S/C12H12ClN3O2/c1-7-3-4-8(5-9(7)13)16-6-15-10(11(16)14)12(17)18-2/h3-6H,14H2,1-2H3. The van der Waals surface area contributed by atoms with E-state index in [1.54, 1.807) is 10.6 Å². The first-order valence-electron chi connectivity index (χ1n) is 5.22. The Kier molecular flexibility index (Phi) is 3.25. The lowest BCUT2D eigenvalue weighted by Crippen LogP contribution is -2.07. The van der Waals surface area contributed by atoms with Crippen molar-refractivity contribution in [2.24, 2.45) is 0 Å². The molecule has 0 radical (unpaired) electrons. The average molecular weight is 266 g/mol. The quantitative estimate of drug-likeness (QED) is 0.845. The third-order valence-corrected chi connectivity index (χ3v) is 3.02. The summed E-state index contributed by atoms with van der Waals surface area (Å²) in [6.07, 6.45) is 1.46. The summed E-state index contributed by atoms with van der Waals surface area (Å²) in [5.74, 6) is -0.341. The Morgan fingerprint density at radius 3 is 2.83 bits per heavy atom. The first-order valence-corrected chi connectivity index (χ1v) is 5.60. The molecule has 0 bridgehead atoms. The molecule has 0 aliphatic heterocycles. The van der Waals surface area contributed by atoms with Gasteiger partial charge in [0, 0.05) is 10.7 Å². The first kappa shape index (κ1) is 12.4. The Balaban J connectivity index is 2.48. The molecule has 0 fully saturated rings. The van der Waals surface area contributed by atoms with Crippen LogP contribution in [0.25, 0.3) is 5.69 Å². The lowest BCUT2D eigenvalue weighted by molar-refractivity contribution is 0.0596. The second-order valence-electron chi connectivity index (χ2n) is 3.77. The van der Waals surface area contributed by atoms with Crippen LogP contribution in [0.3, 0.4) is 0 Å². The van der Waals surface area contributed by atoms with Crippen molar-refractivity contribution < 1.29 is 9.53 Å². The van der Waals surface area contributed by atoms with Crippen molar-refractivity contribution in [2.45, 2.75) is 6.92 Å². The van der Waals surface area contributed by atoms with Gasteiger partial charge in [-0.05, 0) is 24.6 Å². The second-order valence-corrected chi connectivity index (χ2v) is 4.18. The highest BCUT2D eigenvalue weighted by atomic mass is 35.5. The van der Waals surface area contributed by atoms with Gasteiger partial charge in [0.05, 0.1) is 7.11 Å². The smallest absolute Gasteiger partial charge is 0.360 e. The summed E-state index contributed by atoms with van der Waals surface area (Å²) in [6.45, 7) is 1.91. The van der Waals surface area contributed by atoms with E-state index >= 15 is 0 Å². The molecule has 2 aromatic rings. The predicted molar refractivity (Wildman–Crippen MR) is 69.1 cm³/mol. The van der Waals surface area contributed by atoms with Crippen LogP contribution in [0, 0.1) is 6.92 Å². The molecule has 0 atom stereocenters. The Hall–Kier alpha value is -2.01. The van der Waals surface area contributed by atoms with E-state index in [-0.39, 0.29) is 11.5 Å². The molecule has 94 valence electrons. The van der Waals surface area contributed by atoms with E-state index in [2.05, 4.69) is 9.72 Å². The lowest BCUT2D eigenvalue weighted by Gasteiger charge is -2.07. The van der Waals surface area contributed by atoms with Gasteiger partial charge in [-0.15, -0.1) is 0 Å². The molecule has 0 saturated carbocycles. The molecule has 2 N–H and O–H groups in total. The van der Waals surface area contributed by atoms with Crippen molar-refractivity contribution in [3.8, 4) is 5.69 Å². The van der Waals surface area contributed by atoms with Crippen molar-refractivity contribution >= 4 is 23.4 Å². The maximum atomic E-state index is 11.4. The van der Waals surface area contributed by atoms with Gasteiger partial charge >= 0.3 is 5.97 Å². The number of esters is 1. The number of benzene rings is 1. The number of carbonyl (C=O) groups is 1.